The van der Waals surface area contributed by atoms with Crippen molar-refractivity contribution in [3.63, 3.8) is 0 Å². The first kappa shape index (κ1) is 12.5. The third kappa shape index (κ3) is 2.71. The van der Waals surface area contributed by atoms with E-state index in [0.717, 1.165) is 19.5 Å². The van der Waals surface area contributed by atoms with Gasteiger partial charge in [-0.05, 0) is 34.1 Å². The maximum absolute atomic E-state index is 12.0. The molecule has 1 heterocycles. The molecular weight excluding hydrogens is 188 g/mol. The Labute approximate surface area is 93.4 Å². The van der Waals surface area contributed by atoms with E-state index in [2.05, 4.69) is 39.5 Å². The van der Waals surface area contributed by atoms with Crippen molar-refractivity contribution in [1.82, 2.24) is 9.80 Å². The standard InChI is InChI=1S/C12H24N2O/c1-6-12(4,5)14-8-7-13(10(2)3)9-11(14)15/h10H,6-9H2,1-5H3. The smallest absolute Gasteiger partial charge is 0.237 e. The van der Waals surface area contributed by atoms with Crippen LogP contribution in [0.25, 0.3) is 0 Å². The van der Waals surface area contributed by atoms with E-state index in [9.17, 15) is 4.79 Å². The SMILES string of the molecule is CCC(C)(C)N1CCN(C(C)C)CC1=O. The fraction of sp³-hybridized carbons (Fsp3) is 0.917. The zero-order valence-corrected chi connectivity index (χ0v) is 10.7. The van der Waals surface area contributed by atoms with Crippen molar-refractivity contribution in [2.24, 2.45) is 0 Å². The average Bonchev–Trinajstić information content (AvgIpc) is 2.17. The van der Waals surface area contributed by atoms with Gasteiger partial charge in [0.05, 0.1) is 6.54 Å². The van der Waals surface area contributed by atoms with E-state index in [4.69, 9.17) is 0 Å². The minimum absolute atomic E-state index is 0.0140. The van der Waals surface area contributed by atoms with Crippen molar-refractivity contribution in [1.29, 1.82) is 0 Å². The molecule has 3 heteroatoms. The zero-order valence-electron chi connectivity index (χ0n) is 10.7. The first-order chi connectivity index (χ1) is 6.88. The Balaban J connectivity index is 2.64. The van der Waals surface area contributed by atoms with Crippen molar-refractivity contribution in [3.8, 4) is 0 Å². The second-order valence-electron chi connectivity index (χ2n) is 5.28. The molecule has 1 aliphatic heterocycles. The summed E-state index contributed by atoms with van der Waals surface area (Å²) in [5.41, 5.74) is 0.0140. The number of amides is 1. The Morgan fingerprint density at radius 1 is 1.33 bits per heavy atom. The molecule has 1 amide bonds. The van der Waals surface area contributed by atoms with Gasteiger partial charge in [0.15, 0.2) is 0 Å². The molecule has 1 rings (SSSR count). The third-order valence-corrected chi connectivity index (χ3v) is 3.58. The van der Waals surface area contributed by atoms with Gasteiger partial charge in [-0.1, -0.05) is 6.92 Å². The van der Waals surface area contributed by atoms with Crippen LogP contribution < -0.4 is 0 Å². The fourth-order valence-electron chi connectivity index (χ4n) is 1.96. The lowest BCUT2D eigenvalue weighted by Crippen LogP contribution is -2.58. The van der Waals surface area contributed by atoms with Crippen LogP contribution in [0.5, 0.6) is 0 Å². The predicted octanol–water partition coefficient (Wildman–Crippen LogP) is 1.73. The van der Waals surface area contributed by atoms with Crippen LogP contribution in [0.4, 0.5) is 0 Å². The number of carbonyl (C=O) groups is 1. The normalized spacial score (nSPS) is 20.1. The second kappa shape index (κ2) is 4.52. The molecular formula is C12H24N2O. The van der Waals surface area contributed by atoms with Crippen LogP contribution in [0.3, 0.4) is 0 Å². The molecule has 1 aliphatic rings. The van der Waals surface area contributed by atoms with E-state index >= 15 is 0 Å². The maximum Gasteiger partial charge on any atom is 0.237 e. The van der Waals surface area contributed by atoms with Gasteiger partial charge in [0, 0.05) is 24.7 Å². The molecule has 15 heavy (non-hydrogen) atoms. The van der Waals surface area contributed by atoms with E-state index in [1.807, 2.05) is 4.90 Å². The number of hydrogen-bond donors (Lipinski definition) is 0. The molecule has 0 aromatic carbocycles. The van der Waals surface area contributed by atoms with E-state index in [-0.39, 0.29) is 11.4 Å². The number of nitrogens with zero attached hydrogens (tertiary/aromatic N) is 2. The molecule has 0 radical (unpaired) electrons. The Bertz CT molecular complexity index is 236. The van der Waals surface area contributed by atoms with Crippen LogP contribution in [0.1, 0.15) is 41.0 Å². The topological polar surface area (TPSA) is 23.6 Å². The van der Waals surface area contributed by atoms with E-state index in [1.54, 1.807) is 0 Å². The molecule has 88 valence electrons. The average molecular weight is 212 g/mol. The Morgan fingerprint density at radius 2 is 1.93 bits per heavy atom. The van der Waals surface area contributed by atoms with Crippen molar-refractivity contribution in [2.45, 2.75) is 52.6 Å². The monoisotopic (exact) mass is 212 g/mol. The highest BCUT2D eigenvalue weighted by atomic mass is 16.2. The van der Waals surface area contributed by atoms with Crippen LogP contribution in [0, 0.1) is 0 Å². The molecule has 0 aliphatic carbocycles. The van der Waals surface area contributed by atoms with Gasteiger partial charge >= 0.3 is 0 Å². The fourth-order valence-corrected chi connectivity index (χ4v) is 1.96. The lowest BCUT2D eigenvalue weighted by atomic mass is 9.98. The van der Waals surface area contributed by atoms with Crippen molar-refractivity contribution < 1.29 is 4.79 Å². The minimum Gasteiger partial charge on any atom is -0.335 e. The highest BCUT2D eigenvalue weighted by Crippen LogP contribution is 2.21. The molecule has 0 saturated carbocycles. The molecule has 0 spiro atoms. The summed E-state index contributed by atoms with van der Waals surface area (Å²) >= 11 is 0. The zero-order chi connectivity index (χ0) is 11.6. The molecule has 0 aromatic rings. The third-order valence-electron chi connectivity index (χ3n) is 3.58. The predicted molar refractivity (Wildman–Crippen MR) is 62.8 cm³/mol. The Kier molecular flexibility index (Phi) is 3.77. The van der Waals surface area contributed by atoms with Gasteiger partial charge in [0.25, 0.3) is 0 Å². The quantitative estimate of drug-likeness (QED) is 0.711. The first-order valence-corrected chi connectivity index (χ1v) is 5.93. The highest BCUT2D eigenvalue weighted by molar-refractivity contribution is 5.79. The molecule has 0 atom stereocenters. The van der Waals surface area contributed by atoms with Crippen molar-refractivity contribution >= 4 is 5.91 Å². The Hall–Kier alpha value is -0.570. The summed E-state index contributed by atoms with van der Waals surface area (Å²) in [6.45, 7) is 13.2. The summed E-state index contributed by atoms with van der Waals surface area (Å²) in [6.07, 6.45) is 1.01. The molecule has 1 saturated heterocycles. The van der Waals surface area contributed by atoms with Gasteiger partial charge in [-0.2, -0.15) is 0 Å². The van der Waals surface area contributed by atoms with Gasteiger partial charge in [0.1, 0.15) is 0 Å². The minimum atomic E-state index is 0.0140. The summed E-state index contributed by atoms with van der Waals surface area (Å²) in [4.78, 5) is 16.3. The summed E-state index contributed by atoms with van der Waals surface area (Å²) in [6, 6.07) is 0.473. The number of carbonyl (C=O) groups excluding carboxylic acids is 1. The second-order valence-corrected chi connectivity index (χ2v) is 5.28. The lowest BCUT2D eigenvalue weighted by Gasteiger charge is -2.44. The first-order valence-electron chi connectivity index (χ1n) is 5.93. The van der Waals surface area contributed by atoms with E-state index in [1.165, 1.54) is 0 Å². The van der Waals surface area contributed by atoms with Crippen LogP contribution >= 0.6 is 0 Å². The van der Waals surface area contributed by atoms with Crippen LogP contribution in [0.15, 0.2) is 0 Å². The van der Waals surface area contributed by atoms with Gasteiger partial charge < -0.3 is 4.90 Å². The maximum atomic E-state index is 12.0. The van der Waals surface area contributed by atoms with Crippen LogP contribution in [-0.4, -0.2) is 46.9 Å². The highest BCUT2D eigenvalue weighted by Gasteiger charge is 2.33. The van der Waals surface area contributed by atoms with Gasteiger partial charge in [-0.3, -0.25) is 9.69 Å². The lowest BCUT2D eigenvalue weighted by molar-refractivity contribution is -0.143. The van der Waals surface area contributed by atoms with E-state index < -0.39 is 0 Å². The molecule has 0 aromatic heterocycles. The summed E-state index contributed by atoms with van der Waals surface area (Å²) < 4.78 is 0. The van der Waals surface area contributed by atoms with Crippen LogP contribution in [0.2, 0.25) is 0 Å². The molecule has 0 N–H and O–H groups in total. The van der Waals surface area contributed by atoms with Gasteiger partial charge in [-0.25, -0.2) is 0 Å². The Morgan fingerprint density at radius 3 is 2.33 bits per heavy atom. The van der Waals surface area contributed by atoms with E-state index in [0.29, 0.717) is 12.6 Å². The molecule has 0 unspecified atom stereocenters. The largest absolute Gasteiger partial charge is 0.335 e. The molecule has 0 bridgehead atoms. The van der Waals surface area contributed by atoms with Gasteiger partial charge in [0.2, 0.25) is 5.91 Å². The number of hydrogen-bond acceptors (Lipinski definition) is 2. The van der Waals surface area contributed by atoms with Gasteiger partial charge in [-0.15, -0.1) is 0 Å². The van der Waals surface area contributed by atoms with Crippen molar-refractivity contribution in [3.05, 3.63) is 0 Å². The van der Waals surface area contributed by atoms with Crippen LogP contribution in [-0.2, 0) is 4.79 Å². The molecule has 3 nitrogen and oxygen atoms in total. The summed E-state index contributed by atoms with van der Waals surface area (Å²) in [5.74, 6) is 0.279. The van der Waals surface area contributed by atoms with Crippen molar-refractivity contribution in [2.75, 3.05) is 19.6 Å². The number of rotatable bonds is 3. The summed E-state index contributed by atoms with van der Waals surface area (Å²) in [7, 11) is 0. The summed E-state index contributed by atoms with van der Waals surface area (Å²) in [5, 5.41) is 0. The number of piperazine rings is 1. The molecule has 1 fully saturated rings.